The number of hydrogen-bond acceptors (Lipinski definition) is 1. The summed E-state index contributed by atoms with van der Waals surface area (Å²) in [6.45, 7) is 7.72. The van der Waals surface area contributed by atoms with E-state index in [1.54, 1.807) is 0 Å². The van der Waals surface area contributed by atoms with Crippen LogP contribution in [0.15, 0.2) is 18.3 Å². The number of aromatic nitrogens is 1. The second-order valence-corrected chi connectivity index (χ2v) is 3.07. The SMILES string of the molecule is CCN(CC)Cc1cccn1C. The first-order valence-corrected chi connectivity index (χ1v) is 4.60. The Kier molecular flexibility index (Phi) is 3.35. The molecule has 0 unspecified atom stereocenters. The third-order valence-corrected chi connectivity index (χ3v) is 2.33. The predicted octanol–water partition coefficient (Wildman–Crippen LogP) is 1.87. The highest BCUT2D eigenvalue weighted by molar-refractivity contribution is 5.06. The highest BCUT2D eigenvalue weighted by Gasteiger charge is 2.02. The topological polar surface area (TPSA) is 8.17 Å². The summed E-state index contributed by atoms with van der Waals surface area (Å²) in [5.74, 6) is 0. The lowest BCUT2D eigenvalue weighted by Gasteiger charge is -2.18. The van der Waals surface area contributed by atoms with E-state index >= 15 is 0 Å². The van der Waals surface area contributed by atoms with Crippen molar-refractivity contribution in [1.29, 1.82) is 0 Å². The summed E-state index contributed by atoms with van der Waals surface area (Å²) in [5.41, 5.74) is 1.39. The van der Waals surface area contributed by atoms with Gasteiger partial charge in [0.15, 0.2) is 0 Å². The van der Waals surface area contributed by atoms with Gasteiger partial charge in [0, 0.05) is 25.5 Å². The fraction of sp³-hybridized carbons (Fsp3) is 0.600. The van der Waals surface area contributed by atoms with Crippen LogP contribution < -0.4 is 0 Å². The molecule has 0 fully saturated rings. The van der Waals surface area contributed by atoms with Crippen LogP contribution in [-0.2, 0) is 13.6 Å². The van der Waals surface area contributed by atoms with Crippen molar-refractivity contribution in [3.8, 4) is 0 Å². The maximum absolute atomic E-state index is 2.41. The molecule has 0 aliphatic rings. The fourth-order valence-corrected chi connectivity index (χ4v) is 1.34. The van der Waals surface area contributed by atoms with Gasteiger partial charge in [-0.1, -0.05) is 13.8 Å². The molecule has 1 heterocycles. The van der Waals surface area contributed by atoms with Crippen LogP contribution >= 0.6 is 0 Å². The number of hydrogen-bond donors (Lipinski definition) is 0. The predicted molar refractivity (Wildman–Crippen MR) is 52.0 cm³/mol. The van der Waals surface area contributed by atoms with Crippen molar-refractivity contribution in [3.05, 3.63) is 24.0 Å². The molecule has 0 radical (unpaired) electrons. The molecule has 2 nitrogen and oxygen atoms in total. The summed E-state index contributed by atoms with van der Waals surface area (Å²) in [6.07, 6.45) is 2.10. The van der Waals surface area contributed by atoms with E-state index in [1.807, 2.05) is 0 Å². The average molecular weight is 166 g/mol. The second-order valence-electron chi connectivity index (χ2n) is 3.07. The summed E-state index contributed by atoms with van der Waals surface area (Å²) < 4.78 is 2.18. The third-order valence-electron chi connectivity index (χ3n) is 2.33. The van der Waals surface area contributed by atoms with Crippen molar-refractivity contribution < 1.29 is 0 Å². The van der Waals surface area contributed by atoms with E-state index in [0.29, 0.717) is 0 Å². The summed E-state index contributed by atoms with van der Waals surface area (Å²) in [4.78, 5) is 2.41. The first-order valence-electron chi connectivity index (χ1n) is 4.60. The van der Waals surface area contributed by atoms with Crippen molar-refractivity contribution in [2.24, 2.45) is 7.05 Å². The van der Waals surface area contributed by atoms with E-state index in [0.717, 1.165) is 19.6 Å². The summed E-state index contributed by atoms with van der Waals surface area (Å²) >= 11 is 0. The highest BCUT2D eigenvalue weighted by atomic mass is 15.1. The Hall–Kier alpha value is -0.760. The number of rotatable bonds is 4. The molecule has 12 heavy (non-hydrogen) atoms. The Morgan fingerprint density at radius 2 is 2.00 bits per heavy atom. The average Bonchev–Trinajstić information content (AvgIpc) is 2.47. The molecule has 2 heteroatoms. The molecule has 0 aliphatic heterocycles. The zero-order valence-electron chi connectivity index (χ0n) is 8.25. The molecule has 0 aromatic carbocycles. The van der Waals surface area contributed by atoms with Crippen LogP contribution in [0.1, 0.15) is 19.5 Å². The number of aryl methyl sites for hydroxylation is 1. The van der Waals surface area contributed by atoms with Gasteiger partial charge in [0.05, 0.1) is 0 Å². The van der Waals surface area contributed by atoms with Crippen LogP contribution in [-0.4, -0.2) is 22.6 Å². The van der Waals surface area contributed by atoms with E-state index in [2.05, 4.69) is 48.7 Å². The lowest BCUT2D eigenvalue weighted by molar-refractivity contribution is 0.289. The molecule has 0 atom stereocenters. The molecule has 68 valence electrons. The molecule has 1 rings (SSSR count). The van der Waals surface area contributed by atoms with E-state index in [1.165, 1.54) is 5.69 Å². The second kappa shape index (κ2) is 4.31. The van der Waals surface area contributed by atoms with E-state index in [4.69, 9.17) is 0 Å². The minimum atomic E-state index is 1.07. The van der Waals surface area contributed by atoms with Crippen LogP contribution in [0.4, 0.5) is 0 Å². The number of nitrogens with zero attached hydrogens (tertiary/aromatic N) is 2. The van der Waals surface area contributed by atoms with Gasteiger partial charge in [-0.15, -0.1) is 0 Å². The molecule has 0 spiro atoms. The molecule has 0 amide bonds. The van der Waals surface area contributed by atoms with Crippen molar-refractivity contribution in [2.45, 2.75) is 20.4 Å². The van der Waals surface area contributed by atoms with Gasteiger partial charge >= 0.3 is 0 Å². The Morgan fingerprint density at radius 1 is 1.33 bits per heavy atom. The van der Waals surface area contributed by atoms with Gasteiger partial charge in [-0.2, -0.15) is 0 Å². The van der Waals surface area contributed by atoms with Gasteiger partial charge in [-0.05, 0) is 25.2 Å². The zero-order chi connectivity index (χ0) is 8.97. The van der Waals surface area contributed by atoms with Gasteiger partial charge in [0.2, 0.25) is 0 Å². The van der Waals surface area contributed by atoms with Crippen molar-refractivity contribution in [2.75, 3.05) is 13.1 Å². The third kappa shape index (κ3) is 2.11. The minimum absolute atomic E-state index is 1.07. The molecular formula is C10H18N2. The minimum Gasteiger partial charge on any atom is -0.353 e. The summed E-state index contributed by atoms with van der Waals surface area (Å²) in [6, 6.07) is 4.27. The van der Waals surface area contributed by atoms with Gasteiger partial charge in [-0.25, -0.2) is 0 Å². The van der Waals surface area contributed by atoms with E-state index < -0.39 is 0 Å². The Bertz CT molecular complexity index is 223. The van der Waals surface area contributed by atoms with Crippen molar-refractivity contribution in [3.63, 3.8) is 0 Å². The Morgan fingerprint density at radius 3 is 2.42 bits per heavy atom. The van der Waals surface area contributed by atoms with Crippen molar-refractivity contribution >= 4 is 0 Å². The molecule has 1 aromatic rings. The Balaban J connectivity index is 2.56. The van der Waals surface area contributed by atoms with E-state index in [9.17, 15) is 0 Å². The first-order chi connectivity index (χ1) is 5.77. The summed E-state index contributed by atoms with van der Waals surface area (Å²) in [5, 5.41) is 0. The van der Waals surface area contributed by atoms with Crippen LogP contribution in [0.5, 0.6) is 0 Å². The van der Waals surface area contributed by atoms with Gasteiger partial charge in [0.25, 0.3) is 0 Å². The maximum atomic E-state index is 2.41. The standard InChI is InChI=1S/C10H18N2/c1-4-12(5-2)9-10-7-6-8-11(10)3/h6-8H,4-5,9H2,1-3H3. The zero-order valence-corrected chi connectivity index (χ0v) is 8.25. The molecule has 0 saturated heterocycles. The molecule has 0 N–H and O–H groups in total. The maximum Gasteiger partial charge on any atom is 0.0386 e. The fourth-order valence-electron chi connectivity index (χ4n) is 1.34. The molecule has 0 aliphatic carbocycles. The largest absolute Gasteiger partial charge is 0.353 e. The van der Waals surface area contributed by atoms with Crippen LogP contribution in [0.2, 0.25) is 0 Å². The lowest BCUT2D eigenvalue weighted by Crippen LogP contribution is -2.23. The Labute approximate surface area is 74.8 Å². The molecule has 0 saturated carbocycles. The van der Waals surface area contributed by atoms with Crippen molar-refractivity contribution in [1.82, 2.24) is 9.47 Å². The molecule has 1 aromatic heterocycles. The summed E-state index contributed by atoms with van der Waals surface area (Å²) in [7, 11) is 2.10. The highest BCUT2D eigenvalue weighted by Crippen LogP contribution is 2.03. The monoisotopic (exact) mass is 166 g/mol. The van der Waals surface area contributed by atoms with Gasteiger partial charge in [-0.3, -0.25) is 4.90 Å². The molecular weight excluding hydrogens is 148 g/mol. The van der Waals surface area contributed by atoms with Gasteiger partial charge in [0.1, 0.15) is 0 Å². The quantitative estimate of drug-likeness (QED) is 0.663. The van der Waals surface area contributed by atoms with Crippen LogP contribution in [0, 0.1) is 0 Å². The van der Waals surface area contributed by atoms with Crippen LogP contribution in [0.25, 0.3) is 0 Å². The first kappa shape index (κ1) is 9.33. The normalized spacial score (nSPS) is 11.0. The van der Waals surface area contributed by atoms with Gasteiger partial charge < -0.3 is 4.57 Å². The lowest BCUT2D eigenvalue weighted by atomic mass is 10.4. The van der Waals surface area contributed by atoms with Crippen LogP contribution in [0.3, 0.4) is 0 Å². The smallest absolute Gasteiger partial charge is 0.0386 e. The molecule has 0 bridgehead atoms. The van der Waals surface area contributed by atoms with E-state index in [-0.39, 0.29) is 0 Å².